The smallest absolute Gasteiger partial charge is 0.242 e. The molecular weight excluding hydrogens is 286 g/mol. The van der Waals surface area contributed by atoms with E-state index >= 15 is 0 Å². The Morgan fingerprint density at radius 2 is 2.16 bits per heavy atom. The Balaban J connectivity index is 3.08. The van der Waals surface area contributed by atoms with E-state index in [1.807, 2.05) is 0 Å². The molecule has 8 heteroatoms. The van der Waals surface area contributed by atoms with E-state index in [1.165, 1.54) is 24.5 Å². The lowest BCUT2D eigenvalue weighted by Crippen LogP contribution is -2.36. The van der Waals surface area contributed by atoms with Crippen LogP contribution in [-0.2, 0) is 20.8 Å². The average molecular weight is 301 g/mol. The Labute approximate surface area is 115 Å². The van der Waals surface area contributed by atoms with E-state index in [1.54, 1.807) is 13.0 Å². The molecule has 0 bridgehead atoms. The number of nitrogens with zero attached hydrogens (tertiary/aromatic N) is 1. The van der Waals surface area contributed by atoms with Crippen molar-refractivity contribution in [3.8, 4) is 6.07 Å². The van der Waals surface area contributed by atoms with Crippen molar-refractivity contribution in [2.45, 2.75) is 17.9 Å². The number of nitrogens with one attached hydrogen (secondary N) is 1. The summed E-state index contributed by atoms with van der Waals surface area (Å²) in [7, 11) is -4.94. The third kappa shape index (κ3) is 4.31. The van der Waals surface area contributed by atoms with Crippen LogP contribution in [0.1, 0.15) is 12.5 Å². The van der Waals surface area contributed by atoms with Crippen molar-refractivity contribution < 1.29 is 12.6 Å². The summed E-state index contributed by atoms with van der Waals surface area (Å²) in [6.07, 6.45) is 1.49. The van der Waals surface area contributed by atoms with Crippen LogP contribution in [0.4, 0.5) is 5.69 Å². The molecule has 0 spiro atoms. The second-order valence-corrected chi connectivity index (χ2v) is 7.29. The Bertz CT molecular complexity index is 635. The number of nitriles is 1. The van der Waals surface area contributed by atoms with Gasteiger partial charge in [-0.2, -0.15) is 5.26 Å². The summed E-state index contributed by atoms with van der Waals surface area (Å²) in [5.74, 6) is 0.204. The summed E-state index contributed by atoms with van der Waals surface area (Å²) in [6.45, 7) is 1.61. The Morgan fingerprint density at radius 3 is 2.68 bits per heavy atom. The van der Waals surface area contributed by atoms with Gasteiger partial charge in [-0.15, -0.1) is 0 Å². The zero-order valence-corrected chi connectivity index (χ0v) is 12.2. The van der Waals surface area contributed by atoms with Crippen LogP contribution in [0.2, 0.25) is 0 Å². The standard InChI is InChI=1S/C11H15N3O3S2/c1-8(7-18(2)15)14-19(16,17)11-4-3-10(13)5-9(11)6-12/h3-5,8,14H,7,13H2,1-2H3. The molecule has 0 saturated heterocycles. The maximum Gasteiger partial charge on any atom is 0.242 e. The summed E-state index contributed by atoms with van der Waals surface area (Å²) in [4.78, 5) is -0.127. The molecule has 0 aliphatic carbocycles. The highest BCUT2D eigenvalue weighted by Gasteiger charge is 2.21. The molecule has 0 aliphatic rings. The Morgan fingerprint density at radius 1 is 1.53 bits per heavy atom. The minimum Gasteiger partial charge on any atom is -0.399 e. The van der Waals surface area contributed by atoms with Gasteiger partial charge in [-0.05, 0) is 25.1 Å². The molecule has 19 heavy (non-hydrogen) atoms. The third-order valence-electron chi connectivity index (χ3n) is 2.25. The van der Waals surface area contributed by atoms with Crippen LogP contribution in [-0.4, -0.2) is 30.7 Å². The summed E-state index contributed by atoms with van der Waals surface area (Å²) in [6, 6.07) is 5.31. The van der Waals surface area contributed by atoms with E-state index in [0.29, 0.717) is 5.69 Å². The largest absolute Gasteiger partial charge is 0.399 e. The van der Waals surface area contributed by atoms with Crippen LogP contribution < -0.4 is 10.5 Å². The SMILES string of the molecule is CC(CS(C)=O)NS(=O)(=O)c1ccc(N)cc1C#N. The molecule has 0 aliphatic heterocycles. The van der Waals surface area contributed by atoms with Crippen molar-refractivity contribution in [1.29, 1.82) is 5.26 Å². The molecule has 2 atom stereocenters. The van der Waals surface area contributed by atoms with E-state index in [0.717, 1.165) is 0 Å². The average Bonchev–Trinajstić information content (AvgIpc) is 2.26. The van der Waals surface area contributed by atoms with Crippen molar-refractivity contribution in [1.82, 2.24) is 4.72 Å². The molecule has 0 heterocycles. The first-order chi connectivity index (χ1) is 8.76. The molecule has 104 valence electrons. The summed E-state index contributed by atoms with van der Waals surface area (Å²) < 4.78 is 37.7. The Kier molecular flexibility index (Phi) is 5.05. The van der Waals surface area contributed by atoms with Crippen molar-refractivity contribution >= 4 is 26.5 Å². The first-order valence-electron chi connectivity index (χ1n) is 5.38. The minimum absolute atomic E-state index is 0.0164. The lowest BCUT2D eigenvalue weighted by Gasteiger charge is -2.13. The van der Waals surface area contributed by atoms with E-state index in [4.69, 9.17) is 11.0 Å². The first kappa shape index (κ1) is 15.6. The fraction of sp³-hybridized carbons (Fsp3) is 0.364. The molecule has 1 aromatic carbocycles. The van der Waals surface area contributed by atoms with E-state index < -0.39 is 26.9 Å². The van der Waals surface area contributed by atoms with Gasteiger partial charge in [-0.1, -0.05) is 0 Å². The van der Waals surface area contributed by atoms with Gasteiger partial charge in [0, 0.05) is 34.5 Å². The molecule has 1 aromatic rings. The van der Waals surface area contributed by atoms with Crippen LogP contribution in [0.5, 0.6) is 0 Å². The fourth-order valence-electron chi connectivity index (χ4n) is 1.58. The molecule has 6 nitrogen and oxygen atoms in total. The lowest BCUT2D eigenvalue weighted by atomic mass is 10.2. The monoisotopic (exact) mass is 301 g/mol. The maximum absolute atomic E-state index is 12.1. The highest BCUT2D eigenvalue weighted by atomic mass is 32.2. The number of rotatable bonds is 5. The maximum atomic E-state index is 12.1. The number of anilines is 1. The van der Waals surface area contributed by atoms with Crippen LogP contribution >= 0.6 is 0 Å². The topological polar surface area (TPSA) is 113 Å². The van der Waals surface area contributed by atoms with Crippen molar-refractivity contribution in [2.24, 2.45) is 0 Å². The van der Waals surface area contributed by atoms with E-state index in [2.05, 4.69) is 4.72 Å². The van der Waals surface area contributed by atoms with E-state index in [9.17, 15) is 12.6 Å². The molecule has 0 radical (unpaired) electrons. The quantitative estimate of drug-likeness (QED) is 0.753. The molecule has 2 unspecified atom stereocenters. The molecular formula is C11H15N3O3S2. The number of sulfonamides is 1. The van der Waals surface area contributed by atoms with Crippen molar-refractivity contribution in [2.75, 3.05) is 17.7 Å². The van der Waals surface area contributed by atoms with Crippen LogP contribution in [0.25, 0.3) is 0 Å². The van der Waals surface area contributed by atoms with Gasteiger partial charge in [0.2, 0.25) is 10.0 Å². The number of hydrogen-bond acceptors (Lipinski definition) is 5. The van der Waals surface area contributed by atoms with Crippen LogP contribution in [0, 0.1) is 11.3 Å². The predicted octanol–water partition coefficient (Wildman–Crippen LogP) is 0.186. The normalized spacial score (nSPS) is 14.6. The van der Waals surface area contributed by atoms with Gasteiger partial charge in [0.1, 0.15) is 6.07 Å². The van der Waals surface area contributed by atoms with Gasteiger partial charge in [-0.25, -0.2) is 13.1 Å². The minimum atomic E-state index is -3.83. The van der Waals surface area contributed by atoms with Crippen molar-refractivity contribution in [3.63, 3.8) is 0 Å². The fourth-order valence-corrected chi connectivity index (χ4v) is 3.86. The zero-order chi connectivity index (χ0) is 14.6. The Hall–Kier alpha value is -1.43. The molecule has 3 N–H and O–H groups in total. The number of nitrogens with two attached hydrogens (primary N) is 1. The molecule has 0 aromatic heterocycles. The van der Waals surface area contributed by atoms with Crippen molar-refractivity contribution in [3.05, 3.63) is 23.8 Å². The van der Waals surface area contributed by atoms with Gasteiger partial charge in [0.05, 0.1) is 10.5 Å². The summed E-state index contributed by atoms with van der Waals surface area (Å²) in [5.41, 5.74) is 5.81. The van der Waals surface area contributed by atoms with Gasteiger partial charge in [0.25, 0.3) is 0 Å². The van der Waals surface area contributed by atoms with Gasteiger partial charge in [-0.3, -0.25) is 4.21 Å². The van der Waals surface area contributed by atoms with Gasteiger partial charge >= 0.3 is 0 Å². The second-order valence-electron chi connectivity index (χ2n) is 4.13. The molecule has 0 saturated carbocycles. The van der Waals surface area contributed by atoms with E-state index in [-0.39, 0.29) is 16.2 Å². The zero-order valence-electron chi connectivity index (χ0n) is 10.6. The van der Waals surface area contributed by atoms with Gasteiger partial charge in [0.15, 0.2) is 0 Å². The highest BCUT2D eigenvalue weighted by molar-refractivity contribution is 7.89. The second kappa shape index (κ2) is 6.14. The number of hydrogen-bond donors (Lipinski definition) is 2. The van der Waals surface area contributed by atoms with Crippen LogP contribution in [0.15, 0.2) is 23.1 Å². The first-order valence-corrected chi connectivity index (χ1v) is 8.59. The van der Waals surface area contributed by atoms with Crippen LogP contribution in [0.3, 0.4) is 0 Å². The van der Waals surface area contributed by atoms with Gasteiger partial charge < -0.3 is 5.73 Å². The highest BCUT2D eigenvalue weighted by Crippen LogP contribution is 2.18. The number of benzene rings is 1. The number of nitrogen functional groups attached to an aromatic ring is 1. The molecule has 0 fully saturated rings. The predicted molar refractivity (Wildman–Crippen MR) is 74.3 cm³/mol. The third-order valence-corrected chi connectivity index (χ3v) is 4.87. The molecule has 1 rings (SSSR count). The summed E-state index contributed by atoms with van der Waals surface area (Å²) >= 11 is 0. The molecule has 0 amide bonds. The lowest BCUT2D eigenvalue weighted by molar-refractivity contribution is 0.570. The summed E-state index contributed by atoms with van der Waals surface area (Å²) in [5, 5.41) is 8.94.